The van der Waals surface area contributed by atoms with Crippen LogP contribution in [-0.4, -0.2) is 10.7 Å². The van der Waals surface area contributed by atoms with Gasteiger partial charge in [0.2, 0.25) is 0 Å². The molecule has 0 fully saturated rings. The second-order valence-electron chi connectivity index (χ2n) is 6.13. The number of nitro groups is 1. The highest BCUT2D eigenvalue weighted by Crippen LogP contribution is 2.32. The predicted molar refractivity (Wildman–Crippen MR) is 97.9 cm³/mol. The van der Waals surface area contributed by atoms with E-state index in [1.807, 2.05) is 24.3 Å². The van der Waals surface area contributed by atoms with E-state index in [0.29, 0.717) is 29.1 Å². The molecule has 128 valence electrons. The van der Waals surface area contributed by atoms with Crippen molar-refractivity contribution >= 4 is 17.5 Å². The minimum atomic E-state index is -0.433. The van der Waals surface area contributed by atoms with E-state index < -0.39 is 4.92 Å². The van der Waals surface area contributed by atoms with Gasteiger partial charge in [0.15, 0.2) is 5.78 Å². The molecular weight excluding hydrogens is 330 g/mol. The van der Waals surface area contributed by atoms with E-state index in [1.54, 1.807) is 36.4 Å². The minimum Gasteiger partial charge on any atom is -0.456 e. The molecule has 0 saturated heterocycles. The van der Waals surface area contributed by atoms with Gasteiger partial charge in [0.05, 0.1) is 10.5 Å². The van der Waals surface area contributed by atoms with Gasteiger partial charge in [-0.1, -0.05) is 36.4 Å². The molecule has 0 saturated carbocycles. The number of carbonyl (C=O) groups is 1. The lowest BCUT2D eigenvalue weighted by atomic mass is 9.86. The molecule has 1 aromatic heterocycles. The van der Waals surface area contributed by atoms with Crippen molar-refractivity contribution in [3.63, 3.8) is 0 Å². The molecule has 0 spiro atoms. The first-order valence-electron chi connectivity index (χ1n) is 8.30. The second kappa shape index (κ2) is 6.44. The number of furan rings is 1. The highest BCUT2D eigenvalue weighted by atomic mass is 16.6. The fraction of sp³-hybridized carbons (Fsp3) is 0.0952. The third kappa shape index (κ3) is 2.84. The van der Waals surface area contributed by atoms with E-state index in [4.69, 9.17) is 4.42 Å². The van der Waals surface area contributed by atoms with Crippen molar-refractivity contribution < 1.29 is 14.1 Å². The number of rotatable bonds is 3. The second-order valence-corrected chi connectivity index (χ2v) is 6.13. The van der Waals surface area contributed by atoms with Gasteiger partial charge in [-0.25, -0.2) is 0 Å². The lowest BCUT2D eigenvalue weighted by Gasteiger charge is -2.16. The molecule has 0 atom stereocenters. The average Bonchev–Trinajstić information content (AvgIpc) is 3.13. The van der Waals surface area contributed by atoms with E-state index >= 15 is 0 Å². The van der Waals surface area contributed by atoms with Crippen LogP contribution in [0.4, 0.5) is 5.69 Å². The Morgan fingerprint density at radius 3 is 2.46 bits per heavy atom. The van der Waals surface area contributed by atoms with Crippen molar-refractivity contribution in [3.8, 4) is 11.3 Å². The maximum absolute atomic E-state index is 12.6. The van der Waals surface area contributed by atoms with Crippen molar-refractivity contribution in [1.82, 2.24) is 0 Å². The number of ketones is 1. The van der Waals surface area contributed by atoms with Crippen molar-refractivity contribution in [3.05, 3.63) is 93.2 Å². The quantitative estimate of drug-likeness (QED) is 0.377. The fourth-order valence-electron chi connectivity index (χ4n) is 3.24. The van der Waals surface area contributed by atoms with Crippen LogP contribution in [0.1, 0.15) is 28.1 Å². The van der Waals surface area contributed by atoms with Gasteiger partial charge >= 0.3 is 0 Å². The van der Waals surface area contributed by atoms with Gasteiger partial charge in [-0.05, 0) is 42.7 Å². The monoisotopic (exact) mass is 345 g/mol. The third-order valence-corrected chi connectivity index (χ3v) is 4.53. The number of allylic oxidation sites excluding steroid dienone is 1. The van der Waals surface area contributed by atoms with Crippen LogP contribution in [0, 0.1) is 10.1 Å². The topological polar surface area (TPSA) is 73.3 Å². The first-order chi connectivity index (χ1) is 12.6. The Bertz CT molecular complexity index is 1050. The number of benzene rings is 2. The standard InChI is InChI=1S/C21H15NO4/c23-21-15(10-9-14-5-1-2-6-17(14)21)13-16-11-12-20(26-16)18-7-3-4-8-19(18)22(24)25/h1-8,11-13H,9-10H2/b15-13+. The number of nitro benzene ring substituents is 1. The van der Waals surface area contributed by atoms with Crippen LogP contribution in [0.5, 0.6) is 0 Å². The number of fused-ring (bicyclic) bond motifs is 1. The average molecular weight is 345 g/mol. The number of carbonyl (C=O) groups excluding carboxylic acids is 1. The molecular formula is C21H15NO4. The van der Waals surface area contributed by atoms with Crippen LogP contribution in [0.3, 0.4) is 0 Å². The summed E-state index contributed by atoms with van der Waals surface area (Å²) in [5.41, 5.74) is 2.89. The lowest BCUT2D eigenvalue weighted by molar-refractivity contribution is -0.384. The largest absolute Gasteiger partial charge is 0.456 e. The van der Waals surface area contributed by atoms with Gasteiger partial charge in [-0.15, -0.1) is 0 Å². The van der Waals surface area contributed by atoms with Gasteiger partial charge in [0.25, 0.3) is 5.69 Å². The minimum absolute atomic E-state index is 0.00971. The molecule has 1 heterocycles. The maximum Gasteiger partial charge on any atom is 0.280 e. The molecule has 0 N–H and O–H groups in total. The Balaban J connectivity index is 1.67. The lowest BCUT2D eigenvalue weighted by Crippen LogP contribution is -2.13. The van der Waals surface area contributed by atoms with Crippen LogP contribution in [0.25, 0.3) is 17.4 Å². The summed E-state index contributed by atoms with van der Waals surface area (Å²) in [5.74, 6) is 0.934. The summed E-state index contributed by atoms with van der Waals surface area (Å²) in [6.45, 7) is 0. The first kappa shape index (κ1) is 16.0. The SMILES string of the molecule is O=C1/C(=C/c2ccc(-c3ccccc3[N+](=O)[O-])o2)CCc2ccccc21. The Morgan fingerprint density at radius 1 is 0.923 bits per heavy atom. The van der Waals surface area contributed by atoms with Crippen molar-refractivity contribution in [2.75, 3.05) is 0 Å². The Morgan fingerprint density at radius 2 is 1.65 bits per heavy atom. The fourth-order valence-corrected chi connectivity index (χ4v) is 3.24. The molecule has 3 aromatic rings. The number of nitrogens with zero attached hydrogens (tertiary/aromatic N) is 1. The van der Waals surface area contributed by atoms with E-state index in [2.05, 4.69) is 0 Å². The van der Waals surface area contributed by atoms with Gasteiger partial charge < -0.3 is 4.42 Å². The number of para-hydroxylation sites is 1. The summed E-state index contributed by atoms with van der Waals surface area (Å²) in [7, 11) is 0. The predicted octanol–water partition coefficient (Wildman–Crippen LogP) is 5.07. The number of Topliss-reactive ketones (excluding diaryl/α,β-unsaturated/α-hetero) is 1. The van der Waals surface area contributed by atoms with E-state index in [-0.39, 0.29) is 11.5 Å². The molecule has 5 heteroatoms. The molecule has 26 heavy (non-hydrogen) atoms. The van der Waals surface area contributed by atoms with Crippen LogP contribution >= 0.6 is 0 Å². The molecule has 1 aliphatic rings. The number of hydrogen-bond donors (Lipinski definition) is 0. The molecule has 0 unspecified atom stereocenters. The van der Waals surface area contributed by atoms with E-state index in [0.717, 1.165) is 17.5 Å². The zero-order chi connectivity index (χ0) is 18.1. The number of aryl methyl sites for hydroxylation is 1. The first-order valence-corrected chi connectivity index (χ1v) is 8.30. The van der Waals surface area contributed by atoms with E-state index in [1.165, 1.54) is 6.07 Å². The molecule has 5 nitrogen and oxygen atoms in total. The molecule has 0 radical (unpaired) electrons. The highest BCUT2D eigenvalue weighted by Gasteiger charge is 2.22. The Hall–Kier alpha value is -3.47. The van der Waals surface area contributed by atoms with Crippen molar-refractivity contribution in [2.45, 2.75) is 12.8 Å². The third-order valence-electron chi connectivity index (χ3n) is 4.53. The smallest absolute Gasteiger partial charge is 0.280 e. The summed E-state index contributed by atoms with van der Waals surface area (Å²) in [6, 6.07) is 17.5. The Labute approximate surface area is 149 Å². The summed E-state index contributed by atoms with van der Waals surface area (Å²) < 4.78 is 5.77. The van der Waals surface area contributed by atoms with Gasteiger partial charge in [-0.2, -0.15) is 0 Å². The van der Waals surface area contributed by atoms with Crippen LogP contribution in [0.15, 0.2) is 70.7 Å². The van der Waals surface area contributed by atoms with Gasteiger partial charge in [-0.3, -0.25) is 14.9 Å². The highest BCUT2D eigenvalue weighted by molar-refractivity contribution is 6.13. The van der Waals surface area contributed by atoms with Gasteiger partial charge in [0, 0.05) is 17.2 Å². The van der Waals surface area contributed by atoms with Crippen molar-refractivity contribution in [2.24, 2.45) is 0 Å². The van der Waals surface area contributed by atoms with Crippen LogP contribution < -0.4 is 0 Å². The van der Waals surface area contributed by atoms with Crippen molar-refractivity contribution in [1.29, 1.82) is 0 Å². The molecule has 0 aliphatic heterocycles. The zero-order valence-corrected chi connectivity index (χ0v) is 13.8. The van der Waals surface area contributed by atoms with E-state index in [9.17, 15) is 14.9 Å². The molecule has 1 aliphatic carbocycles. The zero-order valence-electron chi connectivity index (χ0n) is 13.8. The van der Waals surface area contributed by atoms with Crippen LogP contribution in [-0.2, 0) is 6.42 Å². The maximum atomic E-state index is 12.6. The summed E-state index contributed by atoms with van der Waals surface area (Å²) >= 11 is 0. The number of hydrogen-bond acceptors (Lipinski definition) is 4. The summed E-state index contributed by atoms with van der Waals surface area (Å²) in [4.78, 5) is 23.4. The van der Waals surface area contributed by atoms with Crippen LogP contribution in [0.2, 0.25) is 0 Å². The summed E-state index contributed by atoms with van der Waals surface area (Å²) in [5, 5.41) is 11.2. The normalized spacial score (nSPS) is 15.1. The molecule has 0 amide bonds. The Kier molecular flexibility index (Phi) is 3.97. The molecule has 2 aromatic carbocycles. The summed E-state index contributed by atoms with van der Waals surface area (Å²) in [6.07, 6.45) is 3.19. The molecule has 0 bridgehead atoms. The molecule has 4 rings (SSSR count). The van der Waals surface area contributed by atoms with Gasteiger partial charge in [0.1, 0.15) is 11.5 Å².